The van der Waals surface area contributed by atoms with E-state index in [1.807, 2.05) is 54.6 Å². The van der Waals surface area contributed by atoms with Crippen LogP contribution in [0, 0.1) is 5.92 Å². The summed E-state index contributed by atoms with van der Waals surface area (Å²) in [4.78, 5) is 29.9. The van der Waals surface area contributed by atoms with E-state index in [-0.39, 0.29) is 12.5 Å². The van der Waals surface area contributed by atoms with Gasteiger partial charge in [0.15, 0.2) is 5.92 Å². The summed E-state index contributed by atoms with van der Waals surface area (Å²) in [6.07, 6.45) is 0. The average Bonchev–Trinajstić information content (AvgIpc) is 2.68. The van der Waals surface area contributed by atoms with Gasteiger partial charge < -0.3 is 10.1 Å². The van der Waals surface area contributed by atoms with E-state index in [2.05, 4.69) is 19.2 Å². The number of nitrogens with one attached hydrogen (secondary N) is 1. The fourth-order valence-electron chi connectivity index (χ4n) is 3.14. The summed E-state index contributed by atoms with van der Waals surface area (Å²) in [6, 6.07) is 16.7. The molecule has 0 saturated heterocycles. The highest BCUT2D eigenvalue weighted by molar-refractivity contribution is 6.14. The van der Waals surface area contributed by atoms with Crippen LogP contribution in [0.15, 0.2) is 59.6 Å². The van der Waals surface area contributed by atoms with Gasteiger partial charge in [-0.3, -0.25) is 14.6 Å². The van der Waals surface area contributed by atoms with Crippen LogP contribution < -0.4 is 5.32 Å². The summed E-state index contributed by atoms with van der Waals surface area (Å²) in [6.45, 7) is 6.19. The van der Waals surface area contributed by atoms with Crippen molar-refractivity contribution in [2.75, 3.05) is 6.61 Å². The third-order valence-electron chi connectivity index (χ3n) is 4.64. The van der Waals surface area contributed by atoms with Crippen LogP contribution in [0.2, 0.25) is 0 Å². The van der Waals surface area contributed by atoms with Crippen LogP contribution in [-0.2, 0) is 14.3 Å². The predicted octanol–water partition coefficient (Wildman–Crippen LogP) is 3.61. The van der Waals surface area contributed by atoms with E-state index < -0.39 is 17.9 Å². The Kier molecular flexibility index (Phi) is 5.69. The highest BCUT2D eigenvalue weighted by atomic mass is 16.5. The van der Waals surface area contributed by atoms with Crippen molar-refractivity contribution in [2.45, 2.75) is 32.7 Å². The first-order valence-electron chi connectivity index (χ1n) is 9.21. The minimum atomic E-state index is -0.998. The van der Waals surface area contributed by atoms with E-state index in [4.69, 9.17) is 9.73 Å². The van der Waals surface area contributed by atoms with Gasteiger partial charge in [0.25, 0.3) is 0 Å². The maximum Gasteiger partial charge on any atom is 0.321 e. The predicted molar refractivity (Wildman–Crippen MR) is 105 cm³/mol. The van der Waals surface area contributed by atoms with Gasteiger partial charge in [0.1, 0.15) is 5.84 Å². The van der Waals surface area contributed by atoms with Crippen molar-refractivity contribution < 1.29 is 14.3 Å². The molecule has 2 atom stereocenters. The highest BCUT2D eigenvalue weighted by Gasteiger charge is 2.41. The van der Waals surface area contributed by atoms with Gasteiger partial charge in [-0.05, 0) is 24.0 Å². The van der Waals surface area contributed by atoms with E-state index in [0.29, 0.717) is 11.8 Å². The molecule has 5 heteroatoms. The number of carbonyl (C=O) groups is 2. The number of hydrogen-bond donors (Lipinski definition) is 1. The molecule has 0 spiro atoms. The largest absolute Gasteiger partial charge is 0.465 e. The number of amides is 1. The highest BCUT2D eigenvalue weighted by Crippen LogP contribution is 2.32. The zero-order valence-electron chi connectivity index (χ0n) is 15.8. The molecule has 3 rings (SSSR count). The summed E-state index contributed by atoms with van der Waals surface area (Å²) in [5.41, 5.74) is 2.82. The molecule has 0 unspecified atom stereocenters. The Morgan fingerprint density at radius 2 is 1.78 bits per heavy atom. The minimum absolute atomic E-state index is 0.219. The summed E-state index contributed by atoms with van der Waals surface area (Å²) in [5.74, 6) is -1.07. The summed E-state index contributed by atoms with van der Waals surface area (Å²) in [7, 11) is 0. The van der Waals surface area contributed by atoms with Crippen molar-refractivity contribution in [3.63, 3.8) is 0 Å². The zero-order chi connectivity index (χ0) is 19.4. The molecule has 0 saturated carbocycles. The van der Waals surface area contributed by atoms with Crippen LogP contribution in [0.3, 0.4) is 0 Å². The molecule has 0 aliphatic carbocycles. The van der Waals surface area contributed by atoms with Crippen LogP contribution in [0.25, 0.3) is 0 Å². The molecule has 0 bridgehead atoms. The molecule has 0 aromatic heterocycles. The molecule has 0 radical (unpaired) electrons. The second-order valence-corrected chi connectivity index (χ2v) is 6.83. The van der Waals surface area contributed by atoms with Crippen molar-refractivity contribution in [1.29, 1.82) is 0 Å². The third kappa shape index (κ3) is 4.08. The van der Waals surface area contributed by atoms with E-state index in [9.17, 15) is 9.59 Å². The van der Waals surface area contributed by atoms with Crippen molar-refractivity contribution >= 4 is 17.7 Å². The van der Waals surface area contributed by atoms with Crippen molar-refractivity contribution in [2.24, 2.45) is 10.9 Å². The van der Waals surface area contributed by atoms with E-state index in [1.165, 1.54) is 5.56 Å². The van der Waals surface area contributed by atoms with Crippen molar-refractivity contribution in [3.05, 3.63) is 71.3 Å². The topological polar surface area (TPSA) is 67.8 Å². The number of ether oxygens (including phenoxy) is 1. The molecule has 5 nitrogen and oxygen atoms in total. The van der Waals surface area contributed by atoms with Crippen molar-refractivity contribution in [1.82, 2.24) is 5.32 Å². The maximum atomic E-state index is 12.8. The van der Waals surface area contributed by atoms with E-state index in [1.54, 1.807) is 6.92 Å². The number of amidine groups is 1. The first-order valence-corrected chi connectivity index (χ1v) is 9.21. The monoisotopic (exact) mass is 364 g/mol. The molecule has 140 valence electrons. The number of esters is 1. The van der Waals surface area contributed by atoms with E-state index >= 15 is 0 Å². The lowest BCUT2D eigenvalue weighted by Crippen LogP contribution is -2.47. The van der Waals surface area contributed by atoms with E-state index in [0.717, 1.165) is 11.1 Å². The smallest absolute Gasteiger partial charge is 0.321 e. The quantitative estimate of drug-likeness (QED) is 0.651. The Balaban J connectivity index is 2.03. The Morgan fingerprint density at radius 1 is 1.11 bits per heavy atom. The number of nitrogens with zero attached hydrogens (tertiary/aromatic N) is 1. The van der Waals surface area contributed by atoms with Gasteiger partial charge in [0.2, 0.25) is 5.91 Å². The normalized spacial score (nSPS) is 19.4. The van der Waals surface area contributed by atoms with Gasteiger partial charge in [-0.2, -0.15) is 0 Å². The fourth-order valence-corrected chi connectivity index (χ4v) is 3.14. The van der Waals surface area contributed by atoms with Crippen LogP contribution in [-0.4, -0.2) is 24.3 Å². The fraction of sp³-hybridized carbons (Fsp3) is 0.318. The number of benzene rings is 2. The summed E-state index contributed by atoms with van der Waals surface area (Å²) >= 11 is 0. The molecule has 27 heavy (non-hydrogen) atoms. The molecule has 1 N–H and O–H groups in total. The molecule has 1 aliphatic heterocycles. The van der Waals surface area contributed by atoms with Gasteiger partial charge in [-0.1, -0.05) is 68.4 Å². The molecular formula is C22H24N2O3. The lowest BCUT2D eigenvalue weighted by atomic mass is 9.89. The lowest BCUT2D eigenvalue weighted by molar-refractivity contribution is -0.153. The summed E-state index contributed by atoms with van der Waals surface area (Å²) < 4.78 is 5.14. The second kappa shape index (κ2) is 8.16. The van der Waals surface area contributed by atoms with Crippen LogP contribution in [0.1, 0.15) is 49.4 Å². The third-order valence-corrected chi connectivity index (χ3v) is 4.64. The number of rotatable bonds is 5. The van der Waals surface area contributed by atoms with Gasteiger partial charge in [-0.15, -0.1) is 0 Å². The Bertz CT molecular complexity index is 842. The van der Waals surface area contributed by atoms with Crippen LogP contribution in [0.5, 0.6) is 0 Å². The molecular weight excluding hydrogens is 340 g/mol. The van der Waals surface area contributed by atoms with Crippen LogP contribution >= 0.6 is 0 Å². The first-order chi connectivity index (χ1) is 13.0. The summed E-state index contributed by atoms with van der Waals surface area (Å²) in [5, 5.41) is 2.76. The first kappa shape index (κ1) is 18.8. The molecule has 1 heterocycles. The Labute approximate surface area is 159 Å². The van der Waals surface area contributed by atoms with Gasteiger partial charge in [0.05, 0.1) is 12.6 Å². The van der Waals surface area contributed by atoms with Crippen LogP contribution in [0.4, 0.5) is 0 Å². The molecule has 2 aromatic rings. The standard InChI is InChI=1S/C22H24N2O3/c1-4-27-22(26)18-19(16-12-10-15(11-13-16)14(2)3)23-20(24-21(18)25)17-8-6-5-7-9-17/h5-14,18-19H,4H2,1-3H3,(H,23,24,25)/t18-,19-/m0/s1. The number of aliphatic imine (C=N–C) groups is 1. The Morgan fingerprint density at radius 3 is 2.37 bits per heavy atom. The Hall–Kier alpha value is -2.95. The number of hydrogen-bond acceptors (Lipinski definition) is 4. The lowest BCUT2D eigenvalue weighted by Gasteiger charge is -2.28. The van der Waals surface area contributed by atoms with Gasteiger partial charge in [0, 0.05) is 5.56 Å². The molecule has 1 aliphatic rings. The minimum Gasteiger partial charge on any atom is -0.465 e. The SMILES string of the molecule is CCOC(=O)[C@@H]1C(=O)NC(c2ccccc2)=N[C@H]1c1ccc(C(C)C)cc1. The number of carbonyl (C=O) groups excluding carboxylic acids is 2. The average molecular weight is 364 g/mol. The molecule has 0 fully saturated rings. The van der Waals surface area contributed by atoms with Gasteiger partial charge >= 0.3 is 5.97 Å². The second-order valence-electron chi connectivity index (χ2n) is 6.83. The molecule has 2 aromatic carbocycles. The maximum absolute atomic E-state index is 12.8. The zero-order valence-corrected chi connectivity index (χ0v) is 15.8. The van der Waals surface area contributed by atoms with Gasteiger partial charge in [-0.25, -0.2) is 0 Å². The van der Waals surface area contributed by atoms with Crippen molar-refractivity contribution in [3.8, 4) is 0 Å². The molecule has 1 amide bonds.